The van der Waals surface area contributed by atoms with Crippen molar-refractivity contribution in [1.82, 2.24) is 0 Å². The Labute approximate surface area is 103 Å². The zero-order chi connectivity index (χ0) is 13.0. The van der Waals surface area contributed by atoms with Gasteiger partial charge in [-0.2, -0.15) is 0 Å². The van der Waals surface area contributed by atoms with Crippen LogP contribution in [0.5, 0.6) is 5.75 Å². The van der Waals surface area contributed by atoms with Gasteiger partial charge in [0, 0.05) is 17.5 Å². The second kappa shape index (κ2) is 5.54. The summed E-state index contributed by atoms with van der Waals surface area (Å²) in [6.07, 6.45) is -0.286. The first-order chi connectivity index (χ1) is 7.95. The zero-order valence-corrected chi connectivity index (χ0v) is 10.2. The molecule has 1 rings (SSSR count). The molecule has 0 aliphatic heterocycles. The molecule has 0 atom stereocenters. The zero-order valence-electron chi connectivity index (χ0n) is 9.41. The van der Waals surface area contributed by atoms with Crippen molar-refractivity contribution in [2.24, 2.45) is 0 Å². The molecule has 0 aliphatic carbocycles. The van der Waals surface area contributed by atoms with Crippen LogP contribution < -0.4 is 10.1 Å². The fraction of sp³-hybridized carbons (Fsp3) is 0.273. The number of ether oxygens (including phenoxy) is 1. The summed E-state index contributed by atoms with van der Waals surface area (Å²) in [5.41, 5.74) is 0.628. The van der Waals surface area contributed by atoms with Crippen LogP contribution >= 0.6 is 11.6 Å². The van der Waals surface area contributed by atoms with Crippen molar-refractivity contribution >= 4 is 29.2 Å². The van der Waals surface area contributed by atoms with Crippen molar-refractivity contribution in [3.63, 3.8) is 0 Å². The summed E-state index contributed by atoms with van der Waals surface area (Å²) < 4.78 is 5.06. The first-order valence-electron chi connectivity index (χ1n) is 4.80. The van der Waals surface area contributed by atoms with Gasteiger partial charge < -0.3 is 15.2 Å². The predicted molar refractivity (Wildman–Crippen MR) is 63.6 cm³/mol. The average molecular weight is 258 g/mol. The van der Waals surface area contributed by atoms with Gasteiger partial charge >= 0.3 is 5.97 Å². The molecule has 1 amide bonds. The minimum absolute atomic E-state index is 0.275. The van der Waals surface area contributed by atoms with E-state index < -0.39 is 5.97 Å². The maximum absolute atomic E-state index is 11.1. The minimum atomic E-state index is -1.04. The summed E-state index contributed by atoms with van der Waals surface area (Å²) in [6.45, 7) is 1.32. The monoisotopic (exact) mass is 257 g/mol. The maximum Gasteiger partial charge on any atom is 0.307 e. The molecule has 2 N–H and O–H groups in total. The van der Waals surface area contributed by atoms with Crippen LogP contribution in [-0.4, -0.2) is 24.1 Å². The summed E-state index contributed by atoms with van der Waals surface area (Å²) >= 11 is 5.92. The second-order valence-electron chi connectivity index (χ2n) is 3.35. The first kappa shape index (κ1) is 13.3. The SMILES string of the molecule is COc1ccc(Cl)c(CC(=O)O)c1NC(C)=O. The number of carboxylic acid groups (broad SMARTS) is 1. The van der Waals surface area contributed by atoms with Crippen molar-refractivity contribution in [1.29, 1.82) is 0 Å². The van der Waals surface area contributed by atoms with Gasteiger partial charge in [0.2, 0.25) is 5.91 Å². The van der Waals surface area contributed by atoms with Crippen molar-refractivity contribution in [2.75, 3.05) is 12.4 Å². The van der Waals surface area contributed by atoms with Gasteiger partial charge in [0.25, 0.3) is 0 Å². The van der Waals surface area contributed by atoms with E-state index in [1.54, 1.807) is 6.07 Å². The van der Waals surface area contributed by atoms with Crippen LogP contribution in [0.25, 0.3) is 0 Å². The van der Waals surface area contributed by atoms with Crippen molar-refractivity contribution in [3.8, 4) is 5.75 Å². The Hall–Kier alpha value is -1.75. The number of carbonyl (C=O) groups excluding carboxylic acids is 1. The molecule has 0 bridgehead atoms. The molecule has 0 heterocycles. The topological polar surface area (TPSA) is 75.6 Å². The lowest BCUT2D eigenvalue weighted by molar-refractivity contribution is -0.136. The molecule has 0 spiro atoms. The Morgan fingerprint density at radius 3 is 2.59 bits per heavy atom. The third-order valence-electron chi connectivity index (χ3n) is 2.07. The molecule has 5 nitrogen and oxygen atoms in total. The van der Waals surface area contributed by atoms with E-state index in [2.05, 4.69) is 5.32 Å². The third kappa shape index (κ3) is 3.35. The normalized spacial score (nSPS) is 9.82. The van der Waals surface area contributed by atoms with Gasteiger partial charge in [0.1, 0.15) is 5.75 Å². The molecule has 92 valence electrons. The molecule has 0 aromatic heterocycles. The summed E-state index contributed by atoms with van der Waals surface area (Å²) in [6, 6.07) is 3.10. The molecule has 6 heteroatoms. The van der Waals surface area contributed by atoms with E-state index in [4.69, 9.17) is 21.4 Å². The number of rotatable bonds is 4. The molecule has 1 aromatic rings. The number of methoxy groups -OCH3 is 1. The lowest BCUT2D eigenvalue weighted by atomic mass is 10.1. The summed E-state index contributed by atoms with van der Waals surface area (Å²) in [5, 5.41) is 11.6. The lowest BCUT2D eigenvalue weighted by Crippen LogP contribution is -2.12. The molecule has 0 unspecified atom stereocenters. The number of amides is 1. The van der Waals surface area contributed by atoms with E-state index >= 15 is 0 Å². The summed E-state index contributed by atoms with van der Waals surface area (Å²) in [4.78, 5) is 21.8. The second-order valence-corrected chi connectivity index (χ2v) is 3.76. The molecule has 0 saturated heterocycles. The van der Waals surface area contributed by atoms with Crippen LogP contribution in [0.3, 0.4) is 0 Å². The standard InChI is InChI=1S/C11H12ClNO4/c1-6(14)13-11-7(5-10(15)16)8(12)3-4-9(11)17-2/h3-4H,5H2,1-2H3,(H,13,14)(H,15,16). The number of carboxylic acids is 1. The molecule has 0 aliphatic rings. The van der Waals surface area contributed by atoms with Crippen molar-refractivity contribution < 1.29 is 19.4 Å². The Bertz CT molecular complexity index is 459. The number of hydrogen-bond acceptors (Lipinski definition) is 3. The Balaban J connectivity index is 3.30. The van der Waals surface area contributed by atoms with Crippen LogP contribution in [0.2, 0.25) is 5.02 Å². The number of carbonyl (C=O) groups is 2. The van der Waals surface area contributed by atoms with Crippen LogP contribution in [0.4, 0.5) is 5.69 Å². The molecule has 17 heavy (non-hydrogen) atoms. The van der Waals surface area contributed by atoms with E-state index in [1.807, 2.05) is 0 Å². The number of halogens is 1. The quantitative estimate of drug-likeness (QED) is 0.864. The number of aliphatic carboxylic acids is 1. The molecule has 0 fully saturated rings. The van der Waals surface area contributed by atoms with Crippen LogP contribution in [-0.2, 0) is 16.0 Å². The molecule has 0 saturated carbocycles. The van der Waals surface area contributed by atoms with Gasteiger partial charge in [-0.3, -0.25) is 9.59 Å². The smallest absolute Gasteiger partial charge is 0.307 e. The lowest BCUT2D eigenvalue weighted by Gasteiger charge is -2.14. The highest BCUT2D eigenvalue weighted by molar-refractivity contribution is 6.32. The van der Waals surface area contributed by atoms with E-state index in [1.165, 1.54) is 20.1 Å². The third-order valence-corrected chi connectivity index (χ3v) is 2.42. The number of benzene rings is 1. The predicted octanol–water partition coefficient (Wildman–Crippen LogP) is 1.93. The highest BCUT2D eigenvalue weighted by Gasteiger charge is 2.16. The van der Waals surface area contributed by atoms with E-state index in [9.17, 15) is 9.59 Å². The minimum Gasteiger partial charge on any atom is -0.495 e. The van der Waals surface area contributed by atoms with Crippen LogP contribution in [0, 0.1) is 0 Å². The Morgan fingerprint density at radius 2 is 2.12 bits per heavy atom. The number of nitrogens with one attached hydrogen (secondary N) is 1. The highest BCUT2D eigenvalue weighted by Crippen LogP contribution is 2.34. The molecule has 1 aromatic carbocycles. The fourth-order valence-corrected chi connectivity index (χ4v) is 1.63. The first-order valence-corrected chi connectivity index (χ1v) is 5.18. The van der Waals surface area contributed by atoms with Crippen LogP contribution in [0.1, 0.15) is 12.5 Å². The van der Waals surface area contributed by atoms with Gasteiger partial charge in [-0.25, -0.2) is 0 Å². The highest BCUT2D eigenvalue weighted by atomic mass is 35.5. The fourth-order valence-electron chi connectivity index (χ4n) is 1.41. The average Bonchev–Trinajstić information content (AvgIpc) is 2.22. The summed E-state index contributed by atoms with van der Waals surface area (Å²) in [7, 11) is 1.43. The van der Waals surface area contributed by atoms with Crippen LogP contribution in [0.15, 0.2) is 12.1 Å². The van der Waals surface area contributed by atoms with Gasteiger partial charge in [-0.05, 0) is 12.1 Å². The van der Waals surface area contributed by atoms with Crippen molar-refractivity contribution in [2.45, 2.75) is 13.3 Å². The van der Waals surface area contributed by atoms with Gasteiger partial charge in [0.05, 0.1) is 19.2 Å². The van der Waals surface area contributed by atoms with Crippen molar-refractivity contribution in [3.05, 3.63) is 22.7 Å². The number of hydrogen-bond donors (Lipinski definition) is 2. The Kier molecular flexibility index (Phi) is 4.34. The summed E-state index contributed by atoms with van der Waals surface area (Å²) in [5.74, 6) is -0.982. The number of anilines is 1. The maximum atomic E-state index is 11.1. The van der Waals surface area contributed by atoms with Gasteiger partial charge in [-0.15, -0.1) is 0 Å². The van der Waals surface area contributed by atoms with E-state index in [0.29, 0.717) is 17.0 Å². The Morgan fingerprint density at radius 1 is 1.47 bits per heavy atom. The van der Waals surface area contributed by atoms with Gasteiger partial charge in [-0.1, -0.05) is 11.6 Å². The van der Waals surface area contributed by atoms with Gasteiger partial charge in [0.15, 0.2) is 0 Å². The molecule has 0 radical (unpaired) electrons. The largest absolute Gasteiger partial charge is 0.495 e. The van der Waals surface area contributed by atoms with E-state index in [-0.39, 0.29) is 17.4 Å². The molecular formula is C11H12ClNO4. The molecular weight excluding hydrogens is 246 g/mol. The van der Waals surface area contributed by atoms with E-state index in [0.717, 1.165) is 0 Å².